The maximum absolute atomic E-state index is 6.07. The maximum Gasteiger partial charge on any atom is 0.137 e. The number of nitrogens with one attached hydrogen (secondary N) is 1. The average Bonchev–Trinajstić information content (AvgIpc) is 2.68. The molecule has 1 aromatic heterocycles. The molecule has 1 N–H and O–H groups in total. The molecule has 0 atom stereocenters. The fourth-order valence-electron chi connectivity index (χ4n) is 3.22. The molecule has 4 rings (SSSR count). The number of anilines is 1. The summed E-state index contributed by atoms with van der Waals surface area (Å²) in [5.74, 6) is 1.84. The maximum atomic E-state index is 6.07. The quantitative estimate of drug-likeness (QED) is 0.773. The Morgan fingerprint density at radius 1 is 1.04 bits per heavy atom. The van der Waals surface area contributed by atoms with Crippen LogP contribution in [0, 0.1) is 0 Å². The van der Waals surface area contributed by atoms with E-state index in [9.17, 15) is 0 Å². The van der Waals surface area contributed by atoms with Gasteiger partial charge in [-0.3, -0.25) is 0 Å². The molecule has 1 fully saturated rings. The summed E-state index contributed by atoms with van der Waals surface area (Å²) >= 11 is 6.07. The van der Waals surface area contributed by atoms with Gasteiger partial charge in [-0.25, -0.2) is 4.98 Å². The fraction of sp³-hybridized carbons (Fsp3) is 0.250. The number of hydrogen-bond donors (Lipinski definition) is 1. The zero-order valence-corrected chi connectivity index (χ0v) is 14.9. The molecule has 0 bridgehead atoms. The normalized spacial score (nSPS) is 14.7. The van der Waals surface area contributed by atoms with Crippen molar-refractivity contribution in [1.29, 1.82) is 0 Å². The average molecular weight is 354 g/mol. The van der Waals surface area contributed by atoms with E-state index in [1.165, 1.54) is 0 Å². The van der Waals surface area contributed by atoms with E-state index in [0.29, 0.717) is 0 Å². The number of hydrogen-bond acceptors (Lipinski definition) is 4. The molecule has 0 amide bonds. The number of rotatable bonds is 3. The molecule has 1 aliphatic rings. The number of pyridine rings is 1. The van der Waals surface area contributed by atoms with Crippen LogP contribution in [0.2, 0.25) is 5.02 Å². The summed E-state index contributed by atoms with van der Waals surface area (Å²) in [5.41, 5.74) is 3.21. The van der Waals surface area contributed by atoms with Gasteiger partial charge in [-0.05, 0) is 35.9 Å². The smallest absolute Gasteiger partial charge is 0.137 e. The zero-order valence-electron chi connectivity index (χ0n) is 14.1. The summed E-state index contributed by atoms with van der Waals surface area (Å²) in [5, 5.41) is 5.24. The Bertz CT molecular complexity index is 889. The standard InChI is InChI=1S/C20H20ClN3O/c1-25-17-7-4-15-12-18(14-2-5-16(21)6-3-14)20(23-19(15)13-17)24-10-8-22-9-11-24/h2-7,12-13,22H,8-11H2,1H3. The summed E-state index contributed by atoms with van der Waals surface area (Å²) in [6.07, 6.45) is 0. The molecule has 1 saturated heterocycles. The first-order chi connectivity index (χ1) is 12.2. The van der Waals surface area contributed by atoms with Crippen LogP contribution in [0.3, 0.4) is 0 Å². The molecular formula is C20H20ClN3O. The minimum Gasteiger partial charge on any atom is -0.497 e. The highest BCUT2D eigenvalue weighted by atomic mass is 35.5. The van der Waals surface area contributed by atoms with Crippen LogP contribution in [-0.2, 0) is 0 Å². The third-order valence-corrected chi connectivity index (χ3v) is 4.83. The van der Waals surface area contributed by atoms with E-state index in [4.69, 9.17) is 21.3 Å². The number of fused-ring (bicyclic) bond motifs is 1. The van der Waals surface area contributed by atoms with Crippen LogP contribution in [0.15, 0.2) is 48.5 Å². The van der Waals surface area contributed by atoms with Crippen LogP contribution in [0.25, 0.3) is 22.0 Å². The molecule has 5 heteroatoms. The molecule has 1 aliphatic heterocycles. The zero-order chi connectivity index (χ0) is 17.2. The topological polar surface area (TPSA) is 37.4 Å². The fourth-order valence-corrected chi connectivity index (χ4v) is 3.35. The summed E-state index contributed by atoms with van der Waals surface area (Å²) in [6, 6.07) is 16.2. The van der Waals surface area contributed by atoms with Crippen molar-refractivity contribution in [2.24, 2.45) is 0 Å². The lowest BCUT2D eigenvalue weighted by molar-refractivity contribution is 0.415. The van der Waals surface area contributed by atoms with E-state index in [1.807, 2.05) is 24.3 Å². The van der Waals surface area contributed by atoms with Gasteiger partial charge in [0.15, 0.2) is 0 Å². The Morgan fingerprint density at radius 3 is 2.52 bits per heavy atom. The largest absolute Gasteiger partial charge is 0.497 e. The summed E-state index contributed by atoms with van der Waals surface area (Å²) in [7, 11) is 1.68. The molecule has 0 saturated carbocycles. The highest BCUT2D eigenvalue weighted by Gasteiger charge is 2.18. The number of ether oxygens (including phenoxy) is 1. The Kier molecular flexibility index (Phi) is 4.47. The highest BCUT2D eigenvalue weighted by Crippen LogP contribution is 2.34. The molecule has 25 heavy (non-hydrogen) atoms. The molecule has 4 nitrogen and oxygen atoms in total. The number of aromatic nitrogens is 1. The van der Waals surface area contributed by atoms with Gasteiger partial charge >= 0.3 is 0 Å². The van der Waals surface area contributed by atoms with E-state index in [-0.39, 0.29) is 0 Å². The van der Waals surface area contributed by atoms with Gasteiger partial charge in [0.2, 0.25) is 0 Å². The van der Waals surface area contributed by atoms with Gasteiger partial charge in [-0.1, -0.05) is 23.7 Å². The molecule has 0 unspecified atom stereocenters. The van der Waals surface area contributed by atoms with E-state index < -0.39 is 0 Å². The van der Waals surface area contributed by atoms with Crippen LogP contribution in [0.5, 0.6) is 5.75 Å². The van der Waals surface area contributed by atoms with Crippen molar-refractivity contribution in [3.8, 4) is 16.9 Å². The number of benzene rings is 2. The number of piperazine rings is 1. The summed E-state index contributed by atoms with van der Waals surface area (Å²) < 4.78 is 5.36. The van der Waals surface area contributed by atoms with Crippen molar-refractivity contribution in [2.75, 3.05) is 38.2 Å². The van der Waals surface area contributed by atoms with Crippen molar-refractivity contribution in [2.45, 2.75) is 0 Å². The SMILES string of the molecule is COc1ccc2cc(-c3ccc(Cl)cc3)c(N3CCNCC3)nc2c1. The lowest BCUT2D eigenvalue weighted by atomic mass is 10.0. The number of nitrogens with zero attached hydrogens (tertiary/aromatic N) is 2. The van der Waals surface area contributed by atoms with Crippen molar-refractivity contribution >= 4 is 28.3 Å². The summed E-state index contributed by atoms with van der Waals surface area (Å²) in [6.45, 7) is 3.84. The lowest BCUT2D eigenvalue weighted by Gasteiger charge is -2.30. The van der Waals surface area contributed by atoms with Gasteiger partial charge < -0.3 is 15.0 Å². The first-order valence-electron chi connectivity index (χ1n) is 8.45. The second kappa shape index (κ2) is 6.90. The Morgan fingerprint density at radius 2 is 1.80 bits per heavy atom. The number of methoxy groups -OCH3 is 1. The highest BCUT2D eigenvalue weighted by molar-refractivity contribution is 6.30. The van der Waals surface area contributed by atoms with Crippen LogP contribution in [0.1, 0.15) is 0 Å². The molecule has 0 aliphatic carbocycles. The second-order valence-electron chi connectivity index (χ2n) is 6.16. The van der Waals surface area contributed by atoms with Gasteiger partial charge in [0, 0.05) is 48.2 Å². The van der Waals surface area contributed by atoms with Gasteiger partial charge in [-0.2, -0.15) is 0 Å². The monoisotopic (exact) mass is 353 g/mol. The van der Waals surface area contributed by atoms with E-state index in [2.05, 4.69) is 34.5 Å². The Balaban J connectivity index is 1.89. The van der Waals surface area contributed by atoms with Crippen LogP contribution < -0.4 is 15.0 Å². The lowest BCUT2D eigenvalue weighted by Crippen LogP contribution is -2.44. The van der Waals surface area contributed by atoms with E-state index in [1.54, 1.807) is 7.11 Å². The summed E-state index contributed by atoms with van der Waals surface area (Å²) in [4.78, 5) is 7.34. The van der Waals surface area contributed by atoms with Gasteiger partial charge in [-0.15, -0.1) is 0 Å². The van der Waals surface area contributed by atoms with E-state index in [0.717, 1.165) is 64.8 Å². The molecule has 2 aromatic carbocycles. The molecule has 128 valence electrons. The minimum absolute atomic E-state index is 0.742. The minimum atomic E-state index is 0.742. The molecule has 0 radical (unpaired) electrons. The van der Waals surface area contributed by atoms with Gasteiger partial charge in [0.05, 0.1) is 12.6 Å². The molecular weight excluding hydrogens is 334 g/mol. The van der Waals surface area contributed by atoms with Crippen molar-refractivity contribution in [3.05, 3.63) is 53.6 Å². The predicted molar refractivity (Wildman–Crippen MR) is 104 cm³/mol. The van der Waals surface area contributed by atoms with Gasteiger partial charge in [0.25, 0.3) is 0 Å². The first kappa shape index (κ1) is 16.2. The Labute approximate surface area is 152 Å². The molecule has 3 aromatic rings. The van der Waals surface area contributed by atoms with Crippen LogP contribution >= 0.6 is 11.6 Å². The van der Waals surface area contributed by atoms with Crippen LogP contribution in [0.4, 0.5) is 5.82 Å². The van der Waals surface area contributed by atoms with Crippen LogP contribution in [-0.4, -0.2) is 38.3 Å². The molecule has 0 spiro atoms. The number of halogens is 1. The molecule has 2 heterocycles. The third-order valence-electron chi connectivity index (χ3n) is 4.58. The van der Waals surface area contributed by atoms with Crippen molar-refractivity contribution < 1.29 is 4.74 Å². The third kappa shape index (κ3) is 3.28. The van der Waals surface area contributed by atoms with Crippen molar-refractivity contribution in [1.82, 2.24) is 10.3 Å². The Hall–Kier alpha value is -2.30. The second-order valence-corrected chi connectivity index (χ2v) is 6.60. The first-order valence-corrected chi connectivity index (χ1v) is 8.83. The van der Waals surface area contributed by atoms with Gasteiger partial charge in [0.1, 0.15) is 11.6 Å². The van der Waals surface area contributed by atoms with Crippen molar-refractivity contribution in [3.63, 3.8) is 0 Å². The van der Waals surface area contributed by atoms with E-state index >= 15 is 0 Å². The predicted octanol–water partition coefficient (Wildman–Crippen LogP) is 3.97.